The van der Waals surface area contributed by atoms with Crippen molar-refractivity contribution in [2.75, 3.05) is 6.54 Å². The molecule has 0 aliphatic heterocycles. The van der Waals surface area contributed by atoms with E-state index in [1.165, 1.54) is 19.1 Å². The highest BCUT2D eigenvalue weighted by Gasteiger charge is 2.34. The SMILES string of the molecule is Cc1cccc([N+](=O)[O-])c1S(=O)(=O)NCC(C)(O)C(=O)O. The zero-order valence-electron chi connectivity index (χ0n) is 11.2. The minimum atomic E-state index is -4.35. The van der Waals surface area contributed by atoms with Gasteiger partial charge in [-0.3, -0.25) is 10.1 Å². The second-order valence-corrected chi connectivity index (χ2v) is 6.29. The number of rotatable bonds is 6. The van der Waals surface area contributed by atoms with E-state index in [0.29, 0.717) is 0 Å². The van der Waals surface area contributed by atoms with E-state index >= 15 is 0 Å². The van der Waals surface area contributed by atoms with Crippen LogP contribution in [0.5, 0.6) is 0 Å². The summed E-state index contributed by atoms with van der Waals surface area (Å²) in [6.07, 6.45) is 0. The molecule has 0 aliphatic rings. The topological polar surface area (TPSA) is 147 Å². The van der Waals surface area contributed by atoms with E-state index in [-0.39, 0.29) is 5.56 Å². The van der Waals surface area contributed by atoms with E-state index in [4.69, 9.17) is 5.11 Å². The van der Waals surface area contributed by atoms with Crippen LogP contribution in [-0.2, 0) is 14.8 Å². The van der Waals surface area contributed by atoms with Gasteiger partial charge in [0.1, 0.15) is 0 Å². The molecule has 0 heterocycles. The number of nitro groups is 1. The Morgan fingerprint density at radius 3 is 2.52 bits per heavy atom. The van der Waals surface area contributed by atoms with Crippen molar-refractivity contribution in [3.8, 4) is 0 Å². The fraction of sp³-hybridized carbons (Fsp3) is 0.364. The minimum absolute atomic E-state index is 0.131. The Kier molecular flexibility index (Phi) is 4.66. The van der Waals surface area contributed by atoms with Gasteiger partial charge >= 0.3 is 5.97 Å². The van der Waals surface area contributed by atoms with E-state index in [2.05, 4.69) is 0 Å². The molecular weight excluding hydrogens is 304 g/mol. The molecule has 1 atom stereocenters. The third-order valence-corrected chi connectivity index (χ3v) is 4.32. The number of carboxylic acid groups (broad SMARTS) is 1. The summed E-state index contributed by atoms with van der Waals surface area (Å²) in [4.78, 5) is 20.2. The predicted molar refractivity (Wildman–Crippen MR) is 71.3 cm³/mol. The van der Waals surface area contributed by atoms with Crippen LogP contribution in [0.4, 0.5) is 5.69 Å². The first-order valence-corrected chi connectivity index (χ1v) is 7.17. The van der Waals surface area contributed by atoms with Gasteiger partial charge in [0.2, 0.25) is 10.0 Å². The maximum absolute atomic E-state index is 12.1. The van der Waals surface area contributed by atoms with Crippen LogP contribution in [0.3, 0.4) is 0 Å². The molecule has 1 aromatic rings. The van der Waals surface area contributed by atoms with E-state index in [0.717, 1.165) is 13.0 Å². The number of nitrogens with one attached hydrogen (secondary N) is 1. The van der Waals surface area contributed by atoms with Crippen LogP contribution in [0.2, 0.25) is 0 Å². The number of aliphatic carboxylic acids is 1. The molecule has 3 N–H and O–H groups in total. The average Bonchev–Trinajstić information content (AvgIpc) is 2.35. The van der Waals surface area contributed by atoms with Crippen LogP contribution in [0.25, 0.3) is 0 Å². The summed E-state index contributed by atoms with van der Waals surface area (Å²) in [5, 5.41) is 29.1. The second-order valence-electron chi connectivity index (χ2n) is 4.58. The van der Waals surface area contributed by atoms with Crippen LogP contribution in [-0.4, -0.2) is 41.7 Å². The number of aryl methyl sites for hydroxylation is 1. The van der Waals surface area contributed by atoms with Crippen LogP contribution < -0.4 is 4.72 Å². The first kappa shape index (κ1) is 17.0. The fourth-order valence-electron chi connectivity index (χ4n) is 1.51. The molecule has 0 bridgehead atoms. The van der Waals surface area contributed by atoms with Gasteiger partial charge in [-0.25, -0.2) is 17.9 Å². The summed E-state index contributed by atoms with van der Waals surface area (Å²) in [5.41, 5.74) is -2.83. The lowest BCUT2D eigenvalue weighted by Crippen LogP contribution is -2.46. The summed E-state index contributed by atoms with van der Waals surface area (Å²) in [6, 6.07) is 3.73. The molecule has 0 spiro atoms. The molecule has 9 nitrogen and oxygen atoms in total. The lowest BCUT2D eigenvalue weighted by atomic mass is 10.1. The lowest BCUT2D eigenvalue weighted by molar-refractivity contribution is -0.387. The maximum atomic E-state index is 12.1. The van der Waals surface area contributed by atoms with Gasteiger partial charge in [-0.15, -0.1) is 0 Å². The second kappa shape index (κ2) is 5.76. The standard InChI is InChI=1S/C11H14N2O7S/c1-7-4-3-5-8(13(17)18)9(7)21(19,20)12-6-11(2,16)10(14)15/h3-5,12,16H,6H2,1-2H3,(H,14,15). The Morgan fingerprint density at radius 1 is 1.48 bits per heavy atom. The van der Waals surface area contributed by atoms with E-state index in [1.54, 1.807) is 0 Å². The zero-order chi connectivity index (χ0) is 16.4. The van der Waals surface area contributed by atoms with Gasteiger partial charge in [0.05, 0.1) is 11.5 Å². The minimum Gasteiger partial charge on any atom is -0.479 e. The smallest absolute Gasteiger partial charge is 0.336 e. The van der Waals surface area contributed by atoms with E-state index in [1.807, 2.05) is 4.72 Å². The van der Waals surface area contributed by atoms with Crippen molar-refractivity contribution in [3.63, 3.8) is 0 Å². The molecule has 21 heavy (non-hydrogen) atoms. The quantitative estimate of drug-likeness (QED) is 0.494. The summed E-state index contributed by atoms with van der Waals surface area (Å²) in [7, 11) is -4.35. The number of carboxylic acids is 1. The van der Waals surface area contributed by atoms with Crippen molar-refractivity contribution in [2.24, 2.45) is 0 Å². The van der Waals surface area contributed by atoms with Gasteiger partial charge in [0, 0.05) is 6.07 Å². The third kappa shape index (κ3) is 3.74. The number of hydrogen-bond acceptors (Lipinski definition) is 6. The molecule has 1 rings (SSSR count). The first-order valence-electron chi connectivity index (χ1n) is 5.68. The molecular formula is C11H14N2O7S. The summed E-state index contributed by atoms with van der Waals surface area (Å²) in [5.74, 6) is -1.62. The van der Waals surface area contributed by atoms with E-state index in [9.17, 15) is 28.4 Å². The van der Waals surface area contributed by atoms with Crippen molar-refractivity contribution in [1.82, 2.24) is 4.72 Å². The van der Waals surface area contributed by atoms with Gasteiger partial charge in [0.15, 0.2) is 10.5 Å². The Hall–Kier alpha value is -2.04. The van der Waals surface area contributed by atoms with Crippen molar-refractivity contribution in [2.45, 2.75) is 24.3 Å². The summed E-state index contributed by atoms with van der Waals surface area (Å²) < 4.78 is 26.1. The Balaban J connectivity index is 3.21. The predicted octanol–water partition coefficient (Wildman–Crippen LogP) is 0.0171. The maximum Gasteiger partial charge on any atom is 0.336 e. The van der Waals surface area contributed by atoms with Crippen molar-refractivity contribution in [3.05, 3.63) is 33.9 Å². The highest BCUT2D eigenvalue weighted by atomic mass is 32.2. The summed E-state index contributed by atoms with van der Waals surface area (Å²) >= 11 is 0. The lowest BCUT2D eigenvalue weighted by Gasteiger charge is -2.18. The monoisotopic (exact) mass is 318 g/mol. The number of sulfonamides is 1. The largest absolute Gasteiger partial charge is 0.479 e. The molecule has 0 aromatic heterocycles. The number of benzene rings is 1. The normalized spacial score (nSPS) is 14.4. The Labute approximate surface area is 120 Å². The fourth-order valence-corrected chi connectivity index (χ4v) is 3.04. The molecule has 116 valence electrons. The molecule has 0 amide bonds. The van der Waals surface area contributed by atoms with Gasteiger partial charge in [-0.05, 0) is 19.4 Å². The van der Waals surface area contributed by atoms with Crippen LogP contribution in [0.1, 0.15) is 12.5 Å². The molecule has 0 fully saturated rings. The average molecular weight is 318 g/mol. The van der Waals surface area contributed by atoms with Crippen LogP contribution >= 0.6 is 0 Å². The van der Waals surface area contributed by atoms with Gasteiger partial charge in [-0.1, -0.05) is 12.1 Å². The number of carbonyl (C=O) groups is 1. The molecule has 0 saturated heterocycles. The number of nitro benzene ring substituents is 1. The highest BCUT2D eigenvalue weighted by molar-refractivity contribution is 7.89. The highest BCUT2D eigenvalue weighted by Crippen LogP contribution is 2.26. The van der Waals surface area contributed by atoms with Crippen LogP contribution in [0.15, 0.2) is 23.1 Å². The Bertz CT molecular complexity index is 682. The molecule has 0 radical (unpaired) electrons. The molecule has 1 aromatic carbocycles. The van der Waals surface area contributed by atoms with Crippen LogP contribution in [0, 0.1) is 17.0 Å². The van der Waals surface area contributed by atoms with Gasteiger partial charge in [0.25, 0.3) is 5.69 Å². The number of aliphatic hydroxyl groups is 1. The van der Waals surface area contributed by atoms with Crippen molar-refractivity contribution >= 4 is 21.7 Å². The molecule has 10 heteroatoms. The molecule has 1 unspecified atom stereocenters. The summed E-state index contributed by atoms with van der Waals surface area (Å²) in [6.45, 7) is 1.46. The third-order valence-electron chi connectivity index (χ3n) is 2.72. The number of nitrogens with zero attached hydrogens (tertiary/aromatic N) is 1. The van der Waals surface area contributed by atoms with E-state index < -0.39 is 43.6 Å². The van der Waals surface area contributed by atoms with Crippen molar-refractivity contribution < 1.29 is 28.3 Å². The number of hydrogen-bond donors (Lipinski definition) is 3. The van der Waals surface area contributed by atoms with Gasteiger partial charge in [-0.2, -0.15) is 0 Å². The van der Waals surface area contributed by atoms with Crippen molar-refractivity contribution in [1.29, 1.82) is 0 Å². The molecule has 0 aliphatic carbocycles. The van der Waals surface area contributed by atoms with Gasteiger partial charge < -0.3 is 10.2 Å². The zero-order valence-corrected chi connectivity index (χ0v) is 12.0. The Morgan fingerprint density at radius 2 is 2.05 bits per heavy atom. The molecule has 0 saturated carbocycles. The first-order chi connectivity index (χ1) is 9.49.